The van der Waals surface area contributed by atoms with Crippen molar-refractivity contribution in [2.75, 3.05) is 33.2 Å². The maximum absolute atomic E-state index is 5.60. The second-order valence-corrected chi connectivity index (χ2v) is 5.18. The van der Waals surface area contributed by atoms with Gasteiger partial charge in [-0.1, -0.05) is 12.1 Å². The van der Waals surface area contributed by atoms with Crippen molar-refractivity contribution < 1.29 is 4.42 Å². The summed E-state index contributed by atoms with van der Waals surface area (Å²) in [4.78, 5) is 5.33. The smallest absolute Gasteiger partial charge is 0.270 e. The predicted molar refractivity (Wildman–Crippen MR) is 74.1 cm³/mol. The lowest BCUT2D eigenvalue weighted by Gasteiger charge is -2.32. The Hall–Kier alpha value is -1.17. The van der Waals surface area contributed by atoms with Crippen LogP contribution in [0.1, 0.15) is 0 Å². The molecule has 5 heteroatoms. The van der Waals surface area contributed by atoms with Gasteiger partial charge in [-0.05, 0) is 31.4 Å². The van der Waals surface area contributed by atoms with Crippen LogP contribution in [0.25, 0.3) is 11.1 Å². The predicted octanol–water partition coefficient (Wildman–Crippen LogP) is 2.17. The Morgan fingerprint density at radius 2 is 1.89 bits per heavy atom. The van der Waals surface area contributed by atoms with E-state index in [-0.39, 0.29) is 0 Å². The molecular formula is C13H17N3OS. The van der Waals surface area contributed by atoms with Gasteiger partial charge in [0.15, 0.2) is 5.58 Å². The lowest BCUT2D eigenvalue weighted by atomic mass is 10.3. The molecule has 0 N–H and O–H groups in total. The number of fused-ring (bicyclic) bond motifs is 1. The molecule has 1 fully saturated rings. The van der Waals surface area contributed by atoms with E-state index in [0.29, 0.717) is 4.84 Å². The van der Waals surface area contributed by atoms with Crippen LogP contribution in [0.2, 0.25) is 0 Å². The highest BCUT2D eigenvalue weighted by Crippen LogP contribution is 2.17. The number of para-hydroxylation sites is 2. The summed E-state index contributed by atoms with van der Waals surface area (Å²) in [5.41, 5.74) is 1.96. The minimum Gasteiger partial charge on any atom is -0.429 e. The highest BCUT2D eigenvalue weighted by atomic mass is 32.1. The number of likely N-dealkylation sites (N-methyl/N-ethyl adjacent to an activating group) is 1. The molecule has 0 unspecified atom stereocenters. The van der Waals surface area contributed by atoms with Crippen LogP contribution >= 0.6 is 12.2 Å². The van der Waals surface area contributed by atoms with Crippen LogP contribution < -0.4 is 0 Å². The van der Waals surface area contributed by atoms with E-state index in [2.05, 4.69) is 27.5 Å². The molecule has 96 valence electrons. The Labute approximate surface area is 111 Å². The summed E-state index contributed by atoms with van der Waals surface area (Å²) >= 11 is 5.30. The van der Waals surface area contributed by atoms with Gasteiger partial charge in [0.1, 0.15) is 0 Å². The fourth-order valence-electron chi connectivity index (χ4n) is 2.34. The molecule has 0 spiro atoms. The van der Waals surface area contributed by atoms with Gasteiger partial charge in [0.25, 0.3) is 4.84 Å². The van der Waals surface area contributed by atoms with Gasteiger partial charge in [-0.15, -0.1) is 0 Å². The van der Waals surface area contributed by atoms with Crippen molar-refractivity contribution in [3.05, 3.63) is 29.1 Å². The van der Waals surface area contributed by atoms with Crippen LogP contribution in [0.3, 0.4) is 0 Å². The quantitative estimate of drug-likeness (QED) is 0.775. The van der Waals surface area contributed by atoms with Gasteiger partial charge in [0.05, 0.1) is 12.2 Å². The number of nitrogens with zero attached hydrogens (tertiary/aromatic N) is 3. The topological polar surface area (TPSA) is 24.6 Å². The van der Waals surface area contributed by atoms with Gasteiger partial charge in [-0.2, -0.15) is 0 Å². The van der Waals surface area contributed by atoms with Gasteiger partial charge >= 0.3 is 0 Å². The van der Waals surface area contributed by atoms with Crippen molar-refractivity contribution in [2.24, 2.45) is 0 Å². The van der Waals surface area contributed by atoms with E-state index in [1.807, 2.05) is 18.2 Å². The molecule has 3 rings (SSSR count). The molecule has 0 saturated carbocycles. The number of piperazine rings is 1. The second-order valence-electron chi connectivity index (χ2n) is 4.83. The molecular weight excluding hydrogens is 246 g/mol. The van der Waals surface area contributed by atoms with Crippen molar-refractivity contribution in [3.63, 3.8) is 0 Å². The average molecular weight is 263 g/mol. The molecule has 0 amide bonds. The van der Waals surface area contributed by atoms with Crippen LogP contribution in [-0.2, 0) is 6.67 Å². The van der Waals surface area contributed by atoms with Gasteiger partial charge in [0, 0.05) is 26.2 Å². The van der Waals surface area contributed by atoms with Gasteiger partial charge in [0.2, 0.25) is 0 Å². The summed E-state index contributed by atoms with van der Waals surface area (Å²) in [7, 11) is 2.16. The van der Waals surface area contributed by atoms with Crippen molar-refractivity contribution in [1.29, 1.82) is 0 Å². The number of oxazole rings is 1. The van der Waals surface area contributed by atoms with Gasteiger partial charge in [-0.25, -0.2) is 0 Å². The van der Waals surface area contributed by atoms with Gasteiger partial charge in [-0.3, -0.25) is 9.47 Å². The Balaban J connectivity index is 1.86. The zero-order valence-corrected chi connectivity index (χ0v) is 11.3. The number of hydrogen-bond donors (Lipinski definition) is 0. The van der Waals surface area contributed by atoms with Crippen molar-refractivity contribution >= 4 is 23.3 Å². The average Bonchev–Trinajstić information content (AvgIpc) is 2.69. The highest BCUT2D eigenvalue weighted by Gasteiger charge is 2.15. The van der Waals surface area contributed by atoms with Crippen LogP contribution in [0.15, 0.2) is 28.7 Å². The Bertz CT molecular complexity index is 596. The van der Waals surface area contributed by atoms with E-state index >= 15 is 0 Å². The third-order valence-electron chi connectivity index (χ3n) is 3.51. The highest BCUT2D eigenvalue weighted by molar-refractivity contribution is 7.71. The van der Waals surface area contributed by atoms with E-state index in [1.54, 1.807) is 0 Å². The lowest BCUT2D eigenvalue weighted by Crippen LogP contribution is -2.44. The van der Waals surface area contributed by atoms with Crippen LogP contribution in [0.4, 0.5) is 0 Å². The zero-order valence-electron chi connectivity index (χ0n) is 10.5. The van der Waals surface area contributed by atoms with Crippen molar-refractivity contribution in [2.45, 2.75) is 6.67 Å². The molecule has 1 aliphatic rings. The third-order valence-corrected chi connectivity index (χ3v) is 3.81. The number of aromatic nitrogens is 1. The monoisotopic (exact) mass is 263 g/mol. The molecule has 0 atom stereocenters. The summed E-state index contributed by atoms with van der Waals surface area (Å²) in [6.07, 6.45) is 0. The standard InChI is InChI=1S/C13H17N3OS/c1-14-6-8-15(9-7-14)10-16-11-4-2-3-5-12(11)17-13(16)18/h2-5H,6-10H2,1H3. The molecule has 4 nitrogen and oxygen atoms in total. The summed E-state index contributed by atoms with van der Waals surface area (Å²) in [5.74, 6) is 0. The second kappa shape index (κ2) is 4.84. The van der Waals surface area contributed by atoms with E-state index in [1.165, 1.54) is 0 Å². The van der Waals surface area contributed by atoms with Crippen molar-refractivity contribution in [1.82, 2.24) is 14.4 Å². The van der Waals surface area contributed by atoms with Gasteiger partial charge < -0.3 is 9.32 Å². The molecule has 1 aromatic heterocycles. The minimum absolute atomic E-state index is 0.565. The van der Waals surface area contributed by atoms with Crippen LogP contribution in [-0.4, -0.2) is 47.6 Å². The van der Waals surface area contributed by atoms with E-state index in [9.17, 15) is 0 Å². The summed E-state index contributed by atoms with van der Waals surface area (Å²) < 4.78 is 7.68. The zero-order chi connectivity index (χ0) is 12.5. The maximum atomic E-state index is 5.60. The molecule has 0 radical (unpaired) electrons. The first kappa shape index (κ1) is 11.9. The molecule has 1 aromatic carbocycles. The molecule has 2 aromatic rings. The molecule has 1 saturated heterocycles. The Kier molecular flexibility index (Phi) is 3.20. The number of rotatable bonds is 2. The molecule has 2 heterocycles. The Morgan fingerprint density at radius 1 is 1.17 bits per heavy atom. The molecule has 1 aliphatic heterocycles. The van der Waals surface area contributed by atoms with E-state index in [0.717, 1.165) is 43.9 Å². The van der Waals surface area contributed by atoms with Crippen LogP contribution in [0, 0.1) is 4.84 Å². The summed E-state index contributed by atoms with van der Waals surface area (Å²) in [6.45, 7) is 5.21. The first-order valence-electron chi connectivity index (χ1n) is 6.23. The maximum Gasteiger partial charge on any atom is 0.270 e. The van der Waals surface area contributed by atoms with Crippen LogP contribution in [0.5, 0.6) is 0 Å². The number of hydrogen-bond acceptors (Lipinski definition) is 4. The fourth-order valence-corrected chi connectivity index (χ4v) is 2.58. The normalized spacial score (nSPS) is 18.5. The first-order valence-corrected chi connectivity index (χ1v) is 6.64. The summed E-state index contributed by atoms with van der Waals surface area (Å²) in [6, 6.07) is 8.02. The SMILES string of the molecule is CN1CCN(Cn2c(=S)oc3ccccc32)CC1. The third kappa shape index (κ3) is 2.21. The fraction of sp³-hybridized carbons (Fsp3) is 0.462. The molecule has 18 heavy (non-hydrogen) atoms. The molecule has 0 bridgehead atoms. The number of benzene rings is 1. The minimum atomic E-state index is 0.565. The first-order chi connectivity index (χ1) is 8.74. The van der Waals surface area contributed by atoms with E-state index in [4.69, 9.17) is 16.6 Å². The summed E-state index contributed by atoms with van der Waals surface area (Å²) in [5, 5.41) is 0. The largest absolute Gasteiger partial charge is 0.429 e. The lowest BCUT2D eigenvalue weighted by molar-refractivity contribution is 0.124. The Morgan fingerprint density at radius 3 is 2.67 bits per heavy atom. The molecule has 0 aliphatic carbocycles. The van der Waals surface area contributed by atoms with Crippen molar-refractivity contribution in [3.8, 4) is 0 Å². The van der Waals surface area contributed by atoms with E-state index < -0.39 is 0 Å².